The summed E-state index contributed by atoms with van der Waals surface area (Å²) in [5.74, 6) is -2.49. The zero-order valence-corrected chi connectivity index (χ0v) is 9.03. The quantitative estimate of drug-likeness (QED) is 0.668. The van der Waals surface area contributed by atoms with Crippen molar-refractivity contribution in [2.75, 3.05) is 6.61 Å². The average molecular weight is 215 g/mol. The van der Waals surface area contributed by atoms with E-state index in [9.17, 15) is 9.59 Å². The molecule has 1 saturated heterocycles. The number of ether oxygens (including phenoxy) is 1. The Labute approximate surface area is 88.8 Å². The van der Waals surface area contributed by atoms with Gasteiger partial charge in [-0.25, -0.2) is 0 Å². The van der Waals surface area contributed by atoms with Crippen molar-refractivity contribution in [1.82, 2.24) is 5.32 Å². The Morgan fingerprint density at radius 1 is 1.53 bits per heavy atom. The van der Waals surface area contributed by atoms with Crippen LogP contribution in [0, 0.1) is 5.92 Å². The number of carbonyl (C=O) groups excluding carboxylic acids is 1. The number of carboxylic acids is 1. The second-order valence-electron chi connectivity index (χ2n) is 3.97. The number of hydrogen-bond acceptors (Lipinski definition) is 3. The molecule has 2 N–H and O–H groups in total. The number of nitrogens with one attached hydrogen (secondary N) is 1. The van der Waals surface area contributed by atoms with E-state index in [1.807, 2.05) is 6.92 Å². The number of rotatable bonds is 3. The largest absolute Gasteiger partial charge is 0.481 e. The van der Waals surface area contributed by atoms with Crippen molar-refractivity contribution in [3.8, 4) is 0 Å². The van der Waals surface area contributed by atoms with Gasteiger partial charge in [-0.1, -0.05) is 0 Å². The van der Waals surface area contributed by atoms with Crippen LogP contribution < -0.4 is 5.32 Å². The van der Waals surface area contributed by atoms with Gasteiger partial charge >= 0.3 is 5.97 Å². The lowest BCUT2D eigenvalue weighted by molar-refractivity contribution is -0.146. The van der Waals surface area contributed by atoms with Crippen molar-refractivity contribution < 1.29 is 19.4 Å². The van der Waals surface area contributed by atoms with E-state index in [1.165, 1.54) is 6.92 Å². The second kappa shape index (κ2) is 5.11. The van der Waals surface area contributed by atoms with E-state index in [4.69, 9.17) is 9.84 Å². The molecular weight excluding hydrogens is 198 g/mol. The normalized spacial score (nSPS) is 28.1. The summed E-state index contributed by atoms with van der Waals surface area (Å²) in [6.45, 7) is 3.95. The molecular formula is C10H17NO4. The third-order valence-electron chi connectivity index (χ3n) is 2.60. The molecule has 0 radical (unpaired) electrons. The summed E-state index contributed by atoms with van der Waals surface area (Å²) in [6.07, 6.45) is 1.63. The fourth-order valence-electron chi connectivity index (χ4n) is 1.57. The molecule has 1 amide bonds. The number of carbonyl (C=O) groups is 2. The molecule has 3 unspecified atom stereocenters. The predicted octanol–water partition coefficient (Wildman–Crippen LogP) is 0.391. The molecule has 0 saturated carbocycles. The van der Waals surface area contributed by atoms with Gasteiger partial charge in [-0.2, -0.15) is 0 Å². The molecule has 1 fully saturated rings. The van der Waals surface area contributed by atoms with Crippen molar-refractivity contribution in [2.45, 2.75) is 38.8 Å². The molecule has 1 aliphatic rings. The fourth-order valence-corrected chi connectivity index (χ4v) is 1.57. The minimum Gasteiger partial charge on any atom is -0.481 e. The highest BCUT2D eigenvalue weighted by atomic mass is 16.5. The van der Waals surface area contributed by atoms with Gasteiger partial charge in [0.2, 0.25) is 5.91 Å². The summed E-state index contributed by atoms with van der Waals surface area (Å²) in [4.78, 5) is 22.0. The first-order valence-electron chi connectivity index (χ1n) is 5.15. The highest BCUT2D eigenvalue weighted by Gasteiger charge is 2.25. The molecule has 0 aliphatic carbocycles. The van der Waals surface area contributed by atoms with E-state index in [1.54, 1.807) is 0 Å². The van der Waals surface area contributed by atoms with Crippen LogP contribution in [-0.4, -0.2) is 35.7 Å². The van der Waals surface area contributed by atoms with Gasteiger partial charge in [0.1, 0.15) is 5.92 Å². The molecule has 1 rings (SSSR count). The van der Waals surface area contributed by atoms with Crippen molar-refractivity contribution in [1.29, 1.82) is 0 Å². The Balaban J connectivity index is 2.40. The highest BCUT2D eigenvalue weighted by Crippen LogP contribution is 2.13. The molecule has 3 atom stereocenters. The standard InChI is InChI=1S/C10H17NO4/c1-6-5-8(3-4-15-6)11-9(12)7(2)10(13)14/h6-8H,3-5H2,1-2H3,(H,11,12)(H,13,14). The maximum Gasteiger partial charge on any atom is 0.315 e. The lowest BCUT2D eigenvalue weighted by atomic mass is 10.0. The van der Waals surface area contributed by atoms with Crippen LogP contribution in [0.2, 0.25) is 0 Å². The topological polar surface area (TPSA) is 75.6 Å². The minimum atomic E-state index is -1.09. The van der Waals surface area contributed by atoms with E-state index >= 15 is 0 Å². The van der Waals surface area contributed by atoms with Crippen molar-refractivity contribution in [3.05, 3.63) is 0 Å². The van der Waals surface area contributed by atoms with Crippen LogP contribution in [0.25, 0.3) is 0 Å². The first-order chi connectivity index (χ1) is 7.00. The van der Waals surface area contributed by atoms with Crippen LogP contribution >= 0.6 is 0 Å². The summed E-state index contributed by atoms with van der Waals surface area (Å²) in [7, 11) is 0. The maximum atomic E-state index is 11.4. The van der Waals surface area contributed by atoms with Gasteiger partial charge in [0.25, 0.3) is 0 Å². The molecule has 5 heteroatoms. The van der Waals surface area contributed by atoms with Crippen LogP contribution in [-0.2, 0) is 14.3 Å². The van der Waals surface area contributed by atoms with Crippen LogP contribution in [0.15, 0.2) is 0 Å². The number of amides is 1. The average Bonchev–Trinajstić information content (AvgIpc) is 2.16. The van der Waals surface area contributed by atoms with Gasteiger partial charge in [0.05, 0.1) is 6.10 Å². The van der Waals surface area contributed by atoms with Gasteiger partial charge < -0.3 is 15.2 Å². The Morgan fingerprint density at radius 3 is 2.73 bits per heavy atom. The molecule has 5 nitrogen and oxygen atoms in total. The molecule has 1 aliphatic heterocycles. The summed E-state index contributed by atoms with van der Waals surface area (Å²) < 4.78 is 5.33. The summed E-state index contributed by atoms with van der Waals surface area (Å²) in [6, 6.07) is 0.0445. The van der Waals surface area contributed by atoms with Gasteiger partial charge in [0, 0.05) is 12.6 Å². The number of hydrogen-bond donors (Lipinski definition) is 2. The zero-order valence-electron chi connectivity index (χ0n) is 9.03. The highest BCUT2D eigenvalue weighted by molar-refractivity contribution is 5.96. The van der Waals surface area contributed by atoms with Crippen molar-refractivity contribution >= 4 is 11.9 Å². The van der Waals surface area contributed by atoms with E-state index in [0.717, 1.165) is 12.8 Å². The molecule has 0 aromatic carbocycles. The van der Waals surface area contributed by atoms with Gasteiger partial charge in [0.15, 0.2) is 0 Å². The molecule has 0 aromatic heterocycles. The smallest absolute Gasteiger partial charge is 0.315 e. The number of aliphatic carboxylic acids is 1. The van der Waals surface area contributed by atoms with Crippen LogP contribution in [0.1, 0.15) is 26.7 Å². The lowest BCUT2D eigenvalue weighted by Crippen LogP contribution is -2.44. The third-order valence-corrected chi connectivity index (χ3v) is 2.60. The van der Waals surface area contributed by atoms with E-state index in [0.29, 0.717) is 6.61 Å². The van der Waals surface area contributed by atoms with Crippen LogP contribution in [0.3, 0.4) is 0 Å². The molecule has 15 heavy (non-hydrogen) atoms. The zero-order chi connectivity index (χ0) is 11.4. The third kappa shape index (κ3) is 3.51. The summed E-state index contributed by atoms with van der Waals surface area (Å²) in [5, 5.41) is 11.4. The van der Waals surface area contributed by atoms with E-state index in [2.05, 4.69) is 5.32 Å². The Hall–Kier alpha value is -1.10. The molecule has 0 aromatic rings. The first kappa shape index (κ1) is 12.0. The minimum absolute atomic E-state index is 0.0445. The molecule has 0 bridgehead atoms. The summed E-state index contributed by atoms with van der Waals surface area (Å²) in [5.41, 5.74) is 0. The Kier molecular flexibility index (Phi) is 4.08. The van der Waals surface area contributed by atoms with Crippen molar-refractivity contribution in [3.63, 3.8) is 0 Å². The lowest BCUT2D eigenvalue weighted by Gasteiger charge is -2.28. The predicted molar refractivity (Wildman–Crippen MR) is 53.4 cm³/mol. The second-order valence-corrected chi connectivity index (χ2v) is 3.97. The van der Waals surface area contributed by atoms with Gasteiger partial charge in [-0.15, -0.1) is 0 Å². The van der Waals surface area contributed by atoms with Gasteiger partial charge in [-0.3, -0.25) is 9.59 Å². The summed E-state index contributed by atoms with van der Waals surface area (Å²) >= 11 is 0. The van der Waals surface area contributed by atoms with Crippen LogP contribution in [0.4, 0.5) is 0 Å². The maximum absolute atomic E-state index is 11.4. The fraction of sp³-hybridized carbons (Fsp3) is 0.800. The first-order valence-corrected chi connectivity index (χ1v) is 5.15. The van der Waals surface area contributed by atoms with E-state index < -0.39 is 17.8 Å². The Bertz CT molecular complexity index is 254. The van der Waals surface area contributed by atoms with Crippen molar-refractivity contribution in [2.24, 2.45) is 5.92 Å². The monoisotopic (exact) mass is 215 g/mol. The molecule has 0 spiro atoms. The number of carboxylic acid groups (broad SMARTS) is 1. The Morgan fingerprint density at radius 2 is 2.20 bits per heavy atom. The van der Waals surface area contributed by atoms with Crippen LogP contribution in [0.5, 0.6) is 0 Å². The molecule has 86 valence electrons. The van der Waals surface area contributed by atoms with Gasteiger partial charge in [-0.05, 0) is 26.7 Å². The molecule has 1 heterocycles. The van der Waals surface area contributed by atoms with E-state index in [-0.39, 0.29) is 12.1 Å². The SMILES string of the molecule is CC1CC(NC(=O)C(C)C(=O)O)CCO1.